The number of hydrogen-bond donors (Lipinski definition) is 1. The van der Waals surface area contributed by atoms with E-state index < -0.39 is 0 Å². The Hall–Kier alpha value is -3.67. The predicted molar refractivity (Wildman–Crippen MR) is 134 cm³/mol. The normalized spacial score (nSPS) is 18.4. The Morgan fingerprint density at radius 3 is 2.26 bits per heavy atom. The second-order valence-electron chi connectivity index (χ2n) is 9.49. The number of nitrogens with zero attached hydrogens (tertiary/aromatic N) is 1. The molecule has 180 valence electrons. The molecule has 0 radical (unpaired) electrons. The van der Waals surface area contributed by atoms with Gasteiger partial charge in [-0.1, -0.05) is 30.3 Å². The number of ether oxygens (including phenoxy) is 1. The number of nitrogens with one attached hydrogen (secondary N) is 1. The van der Waals surface area contributed by atoms with Gasteiger partial charge in [0, 0.05) is 54.0 Å². The van der Waals surface area contributed by atoms with Crippen molar-refractivity contribution in [3.63, 3.8) is 0 Å². The van der Waals surface area contributed by atoms with E-state index in [0.29, 0.717) is 18.6 Å². The molecule has 6 nitrogen and oxygen atoms in total. The van der Waals surface area contributed by atoms with E-state index in [-0.39, 0.29) is 30.0 Å². The summed E-state index contributed by atoms with van der Waals surface area (Å²) in [6, 6.07) is 15.1. The fourth-order valence-corrected chi connectivity index (χ4v) is 5.52. The van der Waals surface area contributed by atoms with Crippen LogP contribution in [0.2, 0.25) is 0 Å². The molecule has 2 aliphatic carbocycles. The molecule has 6 heteroatoms. The van der Waals surface area contributed by atoms with Crippen LogP contribution in [0.5, 0.6) is 5.75 Å². The van der Waals surface area contributed by atoms with Crippen LogP contribution in [0, 0.1) is 6.92 Å². The minimum atomic E-state index is -0.374. The summed E-state index contributed by atoms with van der Waals surface area (Å²) in [7, 11) is 1.99. The lowest BCUT2D eigenvalue weighted by atomic mass is 9.71. The zero-order chi connectivity index (χ0) is 24.5. The molecule has 5 rings (SSSR count). The Morgan fingerprint density at radius 1 is 0.943 bits per heavy atom. The van der Waals surface area contributed by atoms with Crippen LogP contribution in [0.4, 0.5) is 5.69 Å². The highest BCUT2D eigenvalue weighted by atomic mass is 16.5. The SMILES string of the molecule is Cc1ccccc1NC(=O)COc1cccc(C2C3=C(CCCC3=O)N(C)C3=C2C(=O)CCC3)c1. The average molecular weight is 471 g/mol. The molecule has 1 aliphatic heterocycles. The third-order valence-electron chi connectivity index (χ3n) is 7.23. The second-order valence-corrected chi connectivity index (χ2v) is 9.49. The number of carbonyl (C=O) groups excluding carboxylic acids is 3. The van der Waals surface area contributed by atoms with Gasteiger partial charge in [-0.05, 0) is 61.9 Å². The van der Waals surface area contributed by atoms with Gasteiger partial charge in [-0.15, -0.1) is 0 Å². The quantitative estimate of drug-likeness (QED) is 0.661. The molecule has 1 N–H and O–H groups in total. The average Bonchev–Trinajstić information content (AvgIpc) is 2.86. The standard InChI is InChI=1S/C29H30N2O4/c1-18-8-3-4-11-21(18)30-26(34)17-35-20-10-5-9-19(16-20)27-28-22(12-6-14-24(28)32)31(2)23-13-7-15-25(33)29(23)27/h3-5,8-11,16,27H,6-7,12-15,17H2,1-2H3,(H,30,34). The van der Waals surface area contributed by atoms with Crippen molar-refractivity contribution in [3.8, 4) is 5.75 Å². The van der Waals surface area contributed by atoms with Gasteiger partial charge in [0.25, 0.3) is 5.91 Å². The number of hydrogen-bond acceptors (Lipinski definition) is 5. The largest absolute Gasteiger partial charge is 0.484 e. The molecule has 0 aromatic heterocycles. The molecule has 1 amide bonds. The highest BCUT2D eigenvalue weighted by molar-refractivity contribution is 6.06. The predicted octanol–water partition coefficient (Wildman–Crippen LogP) is 5.06. The van der Waals surface area contributed by atoms with Crippen molar-refractivity contribution in [1.29, 1.82) is 0 Å². The molecular weight excluding hydrogens is 440 g/mol. The van der Waals surface area contributed by atoms with Gasteiger partial charge in [0.1, 0.15) is 5.75 Å². The van der Waals surface area contributed by atoms with Crippen LogP contribution in [0.25, 0.3) is 0 Å². The van der Waals surface area contributed by atoms with Gasteiger partial charge >= 0.3 is 0 Å². The number of anilines is 1. The number of para-hydroxylation sites is 1. The molecule has 0 spiro atoms. The molecular formula is C29H30N2O4. The van der Waals surface area contributed by atoms with Crippen molar-refractivity contribution < 1.29 is 19.1 Å². The van der Waals surface area contributed by atoms with E-state index in [4.69, 9.17) is 4.74 Å². The van der Waals surface area contributed by atoms with Crippen LogP contribution in [-0.4, -0.2) is 36.0 Å². The summed E-state index contributed by atoms with van der Waals surface area (Å²) < 4.78 is 5.83. The van der Waals surface area contributed by atoms with E-state index in [0.717, 1.165) is 65.0 Å². The number of benzene rings is 2. The maximum absolute atomic E-state index is 13.1. The van der Waals surface area contributed by atoms with Crippen LogP contribution in [0.3, 0.4) is 0 Å². The Kier molecular flexibility index (Phi) is 6.29. The molecule has 1 heterocycles. The zero-order valence-corrected chi connectivity index (χ0v) is 20.2. The van der Waals surface area contributed by atoms with Crippen molar-refractivity contribution in [2.24, 2.45) is 0 Å². The summed E-state index contributed by atoms with van der Waals surface area (Å²) in [5, 5.41) is 2.88. The maximum atomic E-state index is 13.1. The number of Topliss-reactive ketones (excluding diaryl/α,β-unsaturated/α-hetero) is 2. The number of ketones is 2. The molecule has 0 saturated heterocycles. The van der Waals surface area contributed by atoms with Crippen molar-refractivity contribution in [2.75, 3.05) is 19.0 Å². The van der Waals surface area contributed by atoms with Gasteiger partial charge in [-0.3, -0.25) is 14.4 Å². The Balaban J connectivity index is 1.43. The first-order valence-corrected chi connectivity index (χ1v) is 12.3. The maximum Gasteiger partial charge on any atom is 0.262 e. The molecule has 2 aromatic rings. The molecule has 35 heavy (non-hydrogen) atoms. The summed E-state index contributed by atoms with van der Waals surface area (Å²) in [6.07, 6.45) is 4.38. The van der Waals surface area contributed by atoms with E-state index in [1.54, 1.807) is 6.07 Å². The summed E-state index contributed by atoms with van der Waals surface area (Å²) in [4.78, 5) is 40.9. The minimum Gasteiger partial charge on any atom is -0.484 e. The molecule has 2 aromatic carbocycles. The van der Waals surface area contributed by atoms with Crippen molar-refractivity contribution in [3.05, 3.63) is 82.2 Å². The van der Waals surface area contributed by atoms with Gasteiger partial charge in [0.05, 0.1) is 0 Å². The zero-order valence-electron chi connectivity index (χ0n) is 20.2. The Labute approximate surface area is 205 Å². The number of allylic oxidation sites excluding steroid dienone is 4. The van der Waals surface area contributed by atoms with Crippen LogP contribution in [0.15, 0.2) is 71.1 Å². The van der Waals surface area contributed by atoms with Gasteiger partial charge in [-0.2, -0.15) is 0 Å². The van der Waals surface area contributed by atoms with Crippen molar-refractivity contribution >= 4 is 23.2 Å². The van der Waals surface area contributed by atoms with Gasteiger partial charge in [-0.25, -0.2) is 0 Å². The van der Waals surface area contributed by atoms with Crippen molar-refractivity contribution in [1.82, 2.24) is 4.90 Å². The lowest BCUT2D eigenvalue weighted by Crippen LogP contribution is -2.37. The lowest BCUT2D eigenvalue weighted by molar-refractivity contribution is -0.118. The smallest absolute Gasteiger partial charge is 0.262 e. The van der Waals surface area contributed by atoms with Crippen molar-refractivity contribution in [2.45, 2.75) is 51.4 Å². The fourth-order valence-electron chi connectivity index (χ4n) is 5.52. The first-order valence-electron chi connectivity index (χ1n) is 12.3. The fraction of sp³-hybridized carbons (Fsp3) is 0.345. The molecule has 0 unspecified atom stereocenters. The second kappa shape index (κ2) is 9.53. The number of carbonyl (C=O) groups is 3. The van der Waals surface area contributed by atoms with E-state index in [9.17, 15) is 14.4 Å². The highest BCUT2D eigenvalue weighted by Crippen LogP contribution is 2.48. The Bertz CT molecular complexity index is 1230. The molecule has 0 atom stereocenters. The molecule has 0 bridgehead atoms. The molecule has 0 fully saturated rings. The third-order valence-corrected chi connectivity index (χ3v) is 7.23. The van der Waals surface area contributed by atoms with E-state index in [1.807, 2.05) is 56.4 Å². The van der Waals surface area contributed by atoms with E-state index in [1.165, 1.54) is 0 Å². The van der Waals surface area contributed by atoms with E-state index >= 15 is 0 Å². The minimum absolute atomic E-state index is 0.122. The first-order chi connectivity index (χ1) is 16.9. The van der Waals surface area contributed by atoms with Gasteiger partial charge in [0.2, 0.25) is 0 Å². The molecule has 3 aliphatic rings. The number of aryl methyl sites for hydroxylation is 1. The van der Waals surface area contributed by atoms with Crippen LogP contribution in [0.1, 0.15) is 55.6 Å². The first kappa shape index (κ1) is 23.1. The molecule has 0 saturated carbocycles. The Morgan fingerprint density at radius 2 is 1.60 bits per heavy atom. The summed E-state index contributed by atoms with van der Waals surface area (Å²) in [5.74, 6) is 0.163. The summed E-state index contributed by atoms with van der Waals surface area (Å²) in [6.45, 7) is 1.80. The summed E-state index contributed by atoms with van der Waals surface area (Å²) in [5.41, 5.74) is 6.19. The third kappa shape index (κ3) is 4.41. The number of rotatable bonds is 5. The van der Waals surface area contributed by atoms with E-state index in [2.05, 4.69) is 10.2 Å². The number of amides is 1. The summed E-state index contributed by atoms with van der Waals surface area (Å²) >= 11 is 0. The monoisotopic (exact) mass is 470 g/mol. The highest BCUT2D eigenvalue weighted by Gasteiger charge is 2.42. The van der Waals surface area contributed by atoms with Crippen LogP contribution < -0.4 is 10.1 Å². The van der Waals surface area contributed by atoms with Gasteiger partial charge < -0.3 is 15.0 Å². The topological polar surface area (TPSA) is 75.7 Å². The van der Waals surface area contributed by atoms with Crippen LogP contribution >= 0.6 is 0 Å². The lowest BCUT2D eigenvalue weighted by Gasteiger charge is -2.42. The van der Waals surface area contributed by atoms with Gasteiger partial charge in [0.15, 0.2) is 18.2 Å². The van der Waals surface area contributed by atoms with Crippen LogP contribution in [-0.2, 0) is 14.4 Å².